The van der Waals surface area contributed by atoms with Gasteiger partial charge in [-0.3, -0.25) is 9.20 Å². The lowest BCUT2D eigenvalue weighted by Crippen LogP contribution is -2.27. The number of ether oxygens (including phenoxy) is 1. The van der Waals surface area contributed by atoms with E-state index in [1.807, 2.05) is 22.6 Å². The average molecular weight is 429 g/mol. The van der Waals surface area contributed by atoms with E-state index >= 15 is 0 Å². The zero-order chi connectivity index (χ0) is 20.4. The molecule has 0 saturated carbocycles. The van der Waals surface area contributed by atoms with E-state index in [2.05, 4.69) is 29.3 Å². The van der Waals surface area contributed by atoms with Crippen LogP contribution in [0.25, 0.3) is 16.6 Å². The first kappa shape index (κ1) is 19.8. The summed E-state index contributed by atoms with van der Waals surface area (Å²) in [6, 6.07) is 10.2. The number of aromatic nitrogens is 3. The minimum atomic E-state index is -0.423. The molecule has 0 bridgehead atoms. The maximum Gasteiger partial charge on any atom is 0.333 e. The average Bonchev–Trinajstić information content (AvgIpc) is 3.26. The zero-order valence-corrected chi connectivity index (χ0v) is 17.8. The Balaban J connectivity index is 1.52. The number of thioether (sulfide) groups is 2. The van der Waals surface area contributed by atoms with Crippen molar-refractivity contribution in [2.24, 2.45) is 0 Å². The molecule has 9 heteroatoms. The summed E-state index contributed by atoms with van der Waals surface area (Å²) in [6.45, 7) is 4.62. The Hall–Kier alpha value is -2.52. The van der Waals surface area contributed by atoms with Crippen LogP contribution in [-0.2, 0) is 14.3 Å². The lowest BCUT2D eigenvalue weighted by molar-refractivity contribution is -0.137. The Bertz CT molecular complexity index is 1130. The molecule has 3 heterocycles. The summed E-state index contributed by atoms with van der Waals surface area (Å²) in [6.07, 6.45) is 1.40. The number of carbonyl (C=O) groups excluding carboxylic acids is 2. The van der Waals surface area contributed by atoms with Crippen LogP contribution < -0.4 is 0 Å². The second-order valence-corrected chi connectivity index (χ2v) is 8.50. The first-order chi connectivity index (χ1) is 14.1. The van der Waals surface area contributed by atoms with Crippen LogP contribution in [0.1, 0.15) is 12.5 Å². The lowest BCUT2D eigenvalue weighted by atomic mass is 10.1. The van der Waals surface area contributed by atoms with Crippen LogP contribution in [0.2, 0.25) is 0 Å². The predicted molar refractivity (Wildman–Crippen MR) is 115 cm³/mol. The van der Waals surface area contributed by atoms with Crippen LogP contribution in [0.3, 0.4) is 0 Å². The molecule has 1 aromatic carbocycles. The summed E-state index contributed by atoms with van der Waals surface area (Å²) in [5.74, 6) is 0.550. The number of pyridine rings is 1. The fourth-order valence-corrected chi connectivity index (χ4v) is 5.08. The van der Waals surface area contributed by atoms with E-state index in [0.29, 0.717) is 29.7 Å². The van der Waals surface area contributed by atoms with Crippen molar-refractivity contribution in [1.29, 1.82) is 0 Å². The summed E-state index contributed by atoms with van der Waals surface area (Å²) in [7, 11) is 0. The zero-order valence-electron chi connectivity index (χ0n) is 16.1. The third-order valence-corrected chi connectivity index (χ3v) is 6.49. The Morgan fingerprint density at radius 1 is 1.34 bits per heavy atom. The number of aryl methyl sites for hydroxylation is 1. The quantitative estimate of drug-likeness (QED) is 0.339. The van der Waals surface area contributed by atoms with Crippen molar-refractivity contribution in [3.8, 4) is 0 Å². The smallest absolute Gasteiger partial charge is 0.333 e. The van der Waals surface area contributed by atoms with Crippen LogP contribution in [0.4, 0.5) is 0 Å². The number of benzene rings is 1. The minimum Gasteiger partial charge on any atom is -0.463 e. The number of hydrogen-bond acceptors (Lipinski definition) is 7. The van der Waals surface area contributed by atoms with Crippen molar-refractivity contribution in [2.75, 3.05) is 24.7 Å². The molecule has 4 rings (SSSR count). The molecule has 0 atom stereocenters. The molecule has 0 aliphatic carbocycles. The van der Waals surface area contributed by atoms with Crippen molar-refractivity contribution >= 4 is 52.0 Å². The van der Waals surface area contributed by atoms with Crippen molar-refractivity contribution in [3.05, 3.63) is 47.0 Å². The lowest BCUT2D eigenvalue weighted by Gasteiger charge is -2.16. The van der Waals surface area contributed by atoms with Gasteiger partial charge in [-0.1, -0.05) is 41.7 Å². The number of carbonyl (C=O) groups is 2. The fourth-order valence-electron chi connectivity index (χ4n) is 3.25. The third-order valence-electron chi connectivity index (χ3n) is 4.56. The number of esters is 1. The fraction of sp³-hybridized carbons (Fsp3) is 0.300. The van der Waals surface area contributed by atoms with Gasteiger partial charge >= 0.3 is 5.97 Å². The van der Waals surface area contributed by atoms with Crippen LogP contribution in [-0.4, -0.2) is 56.0 Å². The molecule has 1 amide bonds. The molecule has 0 spiro atoms. The second kappa shape index (κ2) is 8.46. The molecule has 0 N–H and O–H groups in total. The topological polar surface area (TPSA) is 76.8 Å². The molecule has 1 aliphatic heterocycles. The van der Waals surface area contributed by atoms with Gasteiger partial charge in [0, 0.05) is 17.7 Å². The Kier molecular flexibility index (Phi) is 5.77. The first-order valence-electron chi connectivity index (χ1n) is 9.26. The van der Waals surface area contributed by atoms with E-state index in [1.165, 1.54) is 17.8 Å². The second-order valence-electron chi connectivity index (χ2n) is 6.44. The van der Waals surface area contributed by atoms with Crippen LogP contribution >= 0.6 is 23.5 Å². The Morgan fingerprint density at radius 3 is 3.00 bits per heavy atom. The highest BCUT2D eigenvalue weighted by Crippen LogP contribution is 2.30. The van der Waals surface area contributed by atoms with Gasteiger partial charge in [0.1, 0.15) is 0 Å². The number of rotatable bonds is 6. The minimum absolute atomic E-state index is 0.00155. The highest BCUT2D eigenvalue weighted by atomic mass is 32.2. The van der Waals surface area contributed by atoms with Gasteiger partial charge in [0.2, 0.25) is 5.91 Å². The van der Waals surface area contributed by atoms with Crippen molar-refractivity contribution in [2.45, 2.75) is 19.0 Å². The molecule has 1 aliphatic rings. The molecular weight excluding hydrogens is 408 g/mol. The third kappa shape index (κ3) is 3.97. The van der Waals surface area contributed by atoms with Gasteiger partial charge in [-0.15, -0.1) is 10.2 Å². The predicted octanol–water partition coefficient (Wildman–Crippen LogP) is 3.26. The molecule has 2 aromatic heterocycles. The molecule has 29 heavy (non-hydrogen) atoms. The molecule has 150 valence electrons. The summed E-state index contributed by atoms with van der Waals surface area (Å²) in [4.78, 5) is 25.6. The number of amides is 1. The Labute approximate surface area is 176 Å². The normalized spacial score (nSPS) is 15.7. The van der Waals surface area contributed by atoms with E-state index < -0.39 is 5.97 Å². The summed E-state index contributed by atoms with van der Waals surface area (Å²) >= 11 is 2.90. The SMILES string of the molecule is CCOC(=O)C=C1SCC(=O)N1CCSc1nnc2cc(C)c3ccccc3n12. The standard InChI is InChI=1S/C20H20N4O3S2/c1-3-27-19(26)11-18-23(17(25)12-29-18)8-9-28-20-22-21-16-10-13(2)14-6-4-5-7-15(14)24(16)20/h4-7,10-11H,3,8-9,12H2,1-2H3. The molecule has 1 fully saturated rings. The van der Waals surface area contributed by atoms with Crippen LogP contribution in [0, 0.1) is 6.92 Å². The van der Waals surface area contributed by atoms with Gasteiger partial charge in [0.05, 0.1) is 29.0 Å². The molecule has 0 radical (unpaired) electrons. The highest BCUT2D eigenvalue weighted by Gasteiger charge is 2.27. The number of fused-ring (bicyclic) bond motifs is 3. The summed E-state index contributed by atoms with van der Waals surface area (Å²) in [5.41, 5.74) is 3.02. The van der Waals surface area contributed by atoms with Gasteiger partial charge < -0.3 is 9.64 Å². The molecule has 0 unspecified atom stereocenters. The van der Waals surface area contributed by atoms with E-state index in [-0.39, 0.29) is 5.91 Å². The number of para-hydroxylation sites is 1. The van der Waals surface area contributed by atoms with Gasteiger partial charge in [-0.05, 0) is 31.5 Å². The molecular formula is C20H20N4O3S2. The van der Waals surface area contributed by atoms with Crippen molar-refractivity contribution in [1.82, 2.24) is 19.5 Å². The van der Waals surface area contributed by atoms with Crippen LogP contribution in [0.5, 0.6) is 0 Å². The van der Waals surface area contributed by atoms with E-state index in [9.17, 15) is 9.59 Å². The van der Waals surface area contributed by atoms with Gasteiger partial charge in [0.25, 0.3) is 0 Å². The van der Waals surface area contributed by atoms with Crippen molar-refractivity contribution < 1.29 is 14.3 Å². The number of nitrogens with zero attached hydrogens (tertiary/aromatic N) is 4. The maximum atomic E-state index is 12.2. The van der Waals surface area contributed by atoms with E-state index in [0.717, 1.165) is 27.3 Å². The highest BCUT2D eigenvalue weighted by molar-refractivity contribution is 8.04. The largest absolute Gasteiger partial charge is 0.463 e. The summed E-state index contributed by atoms with van der Waals surface area (Å²) < 4.78 is 7.00. The van der Waals surface area contributed by atoms with E-state index in [1.54, 1.807) is 23.6 Å². The van der Waals surface area contributed by atoms with Gasteiger partial charge in [-0.2, -0.15) is 0 Å². The van der Waals surface area contributed by atoms with Crippen molar-refractivity contribution in [3.63, 3.8) is 0 Å². The molecule has 3 aromatic rings. The van der Waals surface area contributed by atoms with Gasteiger partial charge in [-0.25, -0.2) is 4.79 Å². The van der Waals surface area contributed by atoms with Crippen LogP contribution in [0.15, 0.2) is 46.6 Å². The maximum absolute atomic E-state index is 12.2. The van der Waals surface area contributed by atoms with Gasteiger partial charge in [0.15, 0.2) is 10.8 Å². The van der Waals surface area contributed by atoms with E-state index in [4.69, 9.17) is 4.74 Å². The first-order valence-corrected chi connectivity index (χ1v) is 11.2. The Morgan fingerprint density at radius 2 is 2.17 bits per heavy atom. The summed E-state index contributed by atoms with van der Waals surface area (Å²) in [5, 5.41) is 11.2. The number of hydrogen-bond donors (Lipinski definition) is 0. The molecule has 7 nitrogen and oxygen atoms in total. The molecule has 1 saturated heterocycles. The monoisotopic (exact) mass is 428 g/mol.